The topological polar surface area (TPSA) is 114 Å². The van der Waals surface area contributed by atoms with Crippen LogP contribution in [0, 0.1) is 5.92 Å². The third-order valence-electron chi connectivity index (χ3n) is 3.71. The van der Waals surface area contributed by atoms with E-state index in [4.69, 9.17) is 4.74 Å². The van der Waals surface area contributed by atoms with Crippen LogP contribution in [-0.2, 0) is 9.53 Å². The number of hydrogen-bond donors (Lipinski definition) is 2. The summed E-state index contributed by atoms with van der Waals surface area (Å²) >= 11 is 1.12. The Morgan fingerprint density at radius 2 is 2.12 bits per heavy atom. The minimum Gasteiger partial charge on any atom is -0.480 e. The minimum absolute atomic E-state index is 0.231. The Kier molecular flexibility index (Phi) is 5.11. The van der Waals surface area contributed by atoms with Crippen LogP contribution in [0.25, 0.3) is 10.8 Å². The Bertz CT molecular complexity index is 715. The molecule has 1 saturated heterocycles. The number of ether oxygens (including phenoxy) is 1. The van der Waals surface area contributed by atoms with E-state index in [0.29, 0.717) is 35.3 Å². The monoisotopic (exact) mass is 348 g/mol. The molecule has 1 aliphatic heterocycles. The summed E-state index contributed by atoms with van der Waals surface area (Å²) in [5, 5.41) is 12.5. The quantitative estimate of drug-likeness (QED) is 0.834. The predicted octanol–water partition coefficient (Wildman–Crippen LogP) is 1.21. The van der Waals surface area contributed by atoms with E-state index in [-0.39, 0.29) is 5.92 Å². The summed E-state index contributed by atoms with van der Waals surface area (Å²) in [6, 6.07) is 0.713. The number of thiazole rings is 1. The van der Waals surface area contributed by atoms with E-state index in [1.807, 2.05) is 0 Å². The van der Waals surface area contributed by atoms with Crippen LogP contribution >= 0.6 is 11.3 Å². The summed E-state index contributed by atoms with van der Waals surface area (Å²) < 4.78 is 5.32. The van der Waals surface area contributed by atoms with Crippen molar-refractivity contribution in [2.75, 3.05) is 13.2 Å². The molecule has 0 aliphatic carbocycles. The van der Waals surface area contributed by atoms with E-state index < -0.39 is 17.9 Å². The van der Waals surface area contributed by atoms with Gasteiger partial charge in [-0.25, -0.2) is 19.7 Å². The molecule has 9 heteroatoms. The highest BCUT2D eigenvalue weighted by molar-refractivity contribution is 7.16. The number of amides is 1. The van der Waals surface area contributed by atoms with E-state index >= 15 is 0 Å². The fourth-order valence-electron chi connectivity index (χ4n) is 2.51. The molecule has 2 N–H and O–H groups in total. The Labute approximate surface area is 141 Å². The smallest absolute Gasteiger partial charge is 0.326 e. The van der Waals surface area contributed by atoms with E-state index in [0.717, 1.165) is 17.8 Å². The van der Waals surface area contributed by atoms with Crippen molar-refractivity contribution in [3.8, 4) is 10.8 Å². The number of aromatic nitrogens is 3. The summed E-state index contributed by atoms with van der Waals surface area (Å²) in [6.45, 7) is 0.967. The first-order valence-corrected chi connectivity index (χ1v) is 8.31. The van der Waals surface area contributed by atoms with Crippen molar-refractivity contribution in [1.82, 2.24) is 20.3 Å². The summed E-state index contributed by atoms with van der Waals surface area (Å²) in [4.78, 5) is 36.5. The van der Waals surface area contributed by atoms with Gasteiger partial charge in [0.1, 0.15) is 10.9 Å². The van der Waals surface area contributed by atoms with Crippen LogP contribution in [0.5, 0.6) is 0 Å². The van der Waals surface area contributed by atoms with Crippen molar-refractivity contribution in [3.63, 3.8) is 0 Å². The molecule has 2 atom stereocenters. The SMILES string of the molecule is O=C(NC(C(=O)O)C1CCCOC1)c1cnc(-c2ncccn2)s1. The predicted molar refractivity (Wildman–Crippen MR) is 85.6 cm³/mol. The highest BCUT2D eigenvalue weighted by Gasteiger charge is 2.32. The third kappa shape index (κ3) is 3.74. The summed E-state index contributed by atoms with van der Waals surface area (Å²) in [5.41, 5.74) is 0. The molecule has 0 bridgehead atoms. The first kappa shape index (κ1) is 16.5. The van der Waals surface area contributed by atoms with Gasteiger partial charge in [-0.15, -0.1) is 11.3 Å². The molecule has 0 saturated carbocycles. The molecule has 1 amide bonds. The van der Waals surface area contributed by atoms with Crippen LogP contribution in [0.4, 0.5) is 0 Å². The van der Waals surface area contributed by atoms with Crippen LogP contribution in [-0.4, -0.2) is 51.2 Å². The molecular weight excluding hydrogens is 332 g/mol. The van der Waals surface area contributed by atoms with Crippen LogP contribution in [0.3, 0.4) is 0 Å². The Morgan fingerprint density at radius 1 is 1.33 bits per heavy atom. The molecule has 1 fully saturated rings. The lowest BCUT2D eigenvalue weighted by molar-refractivity contribution is -0.142. The maximum atomic E-state index is 12.4. The lowest BCUT2D eigenvalue weighted by Crippen LogP contribution is -2.48. The maximum Gasteiger partial charge on any atom is 0.326 e. The Balaban J connectivity index is 1.71. The van der Waals surface area contributed by atoms with E-state index in [2.05, 4.69) is 20.3 Å². The number of carbonyl (C=O) groups is 2. The van der Waals surface area contributed by atoms with Gasteiger partial charge in [-0.2, -0.15) is 0 Å². The highest BCUT2D eigenvalue weighted by atomic mass is 32.1. The number of carbonyl (C=O) groups excluding carboxylic acids is 1. The molecule has 0 spiro atoms. The minimum atomic E-state index is -1.06. The highest BCUT2D eigenvalue weighted by Crippen LogP contribution is 2.23. The van der Waals surface area contributed by atoms with Gasteiger partial charge in [-0.05, 0) is 18.9 Å². The number of rotatable bonds is 5. The average Bonchev–Trinajstić information content (AvgIpc) is 3.11. The fourth-order valence-corrected chi connectivity index (χ4v) is 3.28. The lowest BCUT2D eigenvalue weighted by Gasteiger charge is -2.27. The van der Waals surface area contributed by atoms with Gasteiger partial charge in [0, 0.05) is 24.9 Å². The van der Waals surface area contributed by atoms with Crippen molar-refractivity contribution in [1.29, 1.82) is 0 Å². The molecular formula is C15H16N4O4S. The van der Waals surface area contributed by atoms with E-state index in [1.54, 1.807) is 18.5 Å². The second-order valence-electron chi connectivity index (χ2n) is 5.37. The molecule has 0 aromatic carbocycles. The standard InChI is InChI=1S/C15H16N4O4S/c20-13(19-11(15(21)22)9-3-1-6-23-8-9)10-7-18-14(24-10)12-16-4-2-5-17-12/h2,4-5,7,9,11H,1,3,6,8H2,(H,19,20)(H,21,22). The second-order valence-corrected chi connectivity index (χ2v) is 6.40. The van der Waals surface area contributed by atoms with Gasteiger partial charge in [0.05, 0.1) is 12.8 Å². The molecule has 2 aromatic rings. The van der Waals surface area contributed by atoms with Crippen molar-refractivity contribution in [2.45, 2.75) is 18.9 Å². The van der Waals surface area contributed by atoms with Gasteiger partial charge in [0.2, 0.25) is 0 Å². The summed E-state index contributed by atoms with van der Waals surface area (Å²) in [6.07, 6.45) is 6.09. The average molecular weight is 348 g/mol. The fraction of sp³-hybridized carbons (Fsp3) is 0.400. The zero-order valence-corrected chi connectivity index (χ0v) is 13.5. The number of hydrogen-bond acceptors (Lipinski definition) is 7. The largest absolute Gasteiger partial charge is 0.480 e. The van der Waals surface area contributed by atoms with Crippen LogP contribution in [0.2, 0.25) is 0 Å². The van der Waals surface area contributed by atoms with Crippen molar-refractivity contribution < 1.29 is 19.4 Å². The normalized spacial score (nSPS) is 18.8. The van der Waals surface area contributed by atoms with Crippen LogP contribution in [0.1, 0.15) is 22.5 Å². The molecule has 2 aromatic heterocycles. The number of aliphatic carboxylic acids is 1. The van der Waals surface area contributed by atoms with Crippen molar-refractivity contribution in [2.24, 2.45) is 5.92 Å². The molecule has 126 valence electrons. The first-order valence-electron chi connectivity index (χ1n) is 7.50. The van der Waals surface area contributed by atoms with Gasteiger partial charge in [0.15, 0.2) is 10.8 Å². The van der Waals surface area contributed by atoms with Gasteiger partial charge < -0.3 is 15.2 Å². The molecule has 3 heterocycles. The molecule has 24 heavy (non-hydrogen) atoms. The third-order valence-corrected chi connectivity index (χ3v) is 4.70. The van der Waals surface area contributed by atoms with Crippen molar-refractivity contribution >= 4 is 23.2 Å². The summed E-state index contributed by atoms with van der Waals surface area (Å²) in [7, 11) is 0. The molecule has 3 rings (SSSR count). The van der Waals surface area contributed by atoms with Crippen LogP contribution < -0.4 is 5.32 Å². The number of nitrogens with one attached hydrogen (secondary N) is 1. The van der Waals surface area contributed by atoms with Gasteiger partial charge >= 0.3 is 5.97 Å². The van der Waals surface area contributed by atoms with Crippen LogP contribution in [0.15, 0.2) is 24.7 Å². The molecule has 2 unspecified atom stereocenters. The summed E-state index contributed by atoms with van der Waals surface area (Å²) in [5.74, 6) is -1.33. The molecule has 8 nitrogen and oxygen atoms in total. The van der Waals surface area contributed by atoms with Gasteiger partial charge in [0.25, 0.3) is 5.91 Å². The van der Waals surface area contributed by atoms with Crippen molar-refractivity contribution in [3.05, 3.63) is 29.5 Å². The van der Waals surface area contributed by atoms with Gasteiger partial charge in [-0.3, -0.25) is 4.79 Å². The number of carboxylic acids is 1. The zero-order valence-electron chi connectivity index (χ0n) is 12.7. The Hall–Kier alpha value is -2.39. The number of nitrogens with zero attached hydrogens (tertiary/aromatic N) is 3. The molecule has 0 radical (unpaired) electrons. The molecule has 1 aliphatic rings. The second kappa shape index (κ2) is 7.45. The van der Waals surface area contributed by atoms with Gasteiger partial charge in [-0.1, -0.05) is 0 Å². The number of carboxylic acid groups (broad SMARTS) is 1. The maximum absolute atomic E-state index is 12.4. The lowest BCUT2D eigenvalue weighted by atomic mass is 9.93. The Morgan fingerprint density at radius 3 is 2.79 bits per heavy atom. The van der Waals surface area contributed by atoms with E-state index in [1.165, 1.54) is 6.20 Å². The first-order chi connectivity index (χ1) is 11.6. The zero-order chi connectivity index (χ0) is 16.9. The van der Waals surface area contributed by atoms with E-state index in [9.17, 15) is 14.7 Å².